The molecule has 0 bridgehead atoms. The molecule has 0 aliphatic carbocycles. The van der Waals surface area contributed by atoms with Crippen LogP contribution in [-0.2, 0) is 0 Å². The summed E-state index contributed by atoms with van der Waals surface area (Å²) in [4.78, 5) is 0. The summed E-state index contributed by atoms with van der Waals surface area (Å²) < 4.78 is 0. The molecule has 0 rings (SSSR count). The van der Waals surface area contributed by atoms with Gasteiger partial charge in [-0.25, -0.2) is 0 Å². The van der Waals surface area contributed by atoms with Crippen molar-refractivity contribution >= 4 is 6.21 Å². The van der Waals surface area contributed by atoms with Crippen molar-refractivity contribution in [3.63, 3.8) is 0 Å². The van der Waals surface area contributed by atoms with Gasteiger partial charge in [-0.2, -0.15) is 0 Å². The van der Waals surface area contributed by atoms with E-state index in [1.807, 2.05) is 14.0 Å². The lowest BCUT2D eigenvalue weighted by molar-refractivity contribution is 0.962. The Morgan fingerprint density at radius 2 is 2.30 bits per heavy atom. The van der Waals surface area contributed by atoms with Crippen molar-refractivity contribution in [2.24, 2.45) is 0 Å². The van der Waals surface area contributed by atoms with Crippen molar-refractivity contribution in [1.29, 1.82) is 5.41 Å². The highest BCUT2D eigenvalue weighted by Gasteiger charge is 1.94. The molecule has 0 saturated carbocycles. The Balaban J connectivity index is 4.19. The molecule has 0 aromatic heterocycles. The van der Waals surface area contributed by atoms with Crippen molar-refractivity contribution in [2.45, 2.75) is 13.3 Å². The third-order valence-corrected chi connectivity index (χ3v) is 1.35. The summed E-state index contributed by atoms with van der Waals surface area (Å²) in [5, 5.41) is 9.77. The van der Waals surface area contributed by atoms with Gasteiger partial charge in [0.15, 0.2) is 0 Å². The Labute approximate surface area is 62.1 Å². The molecule has 0 radical (unpaired) electrons. The number of likely N-dealkylation sites (N-methyl/N-ethyl adjacent to an activating group) is 1. The highest BCUT2D eigenvalue weighted by atomic mass is 14.8. The SMILES string of the molecule is C=C(NC)/C(=C/C=N)CC. The lowest BCUT2D eigenvalue weighted by Gasteiger charge is -2.05. The van der Waals surface area contributed by atoms with Crippen LogP contribution in [0.2, 0.25) is 0 Å². The molecule has 2 nitrogen and oxygen atoms in total. The molecule has 0 saturated heterocycles. The summed E-state index contributed by atoms with van der Waals surface area (Å²) in [5.41, 5.74) is 1.98. The van der Waals surface area contributed by atoms with Gasteiger partial charge in [0.1, 0.15) is 0 Å². The van der Waals surface area contributed by atoms with Gasteiger partial charge in [-0.3, -0.25) is 0 Å². The van der Waals surface area contributed by atoms with Crippen LogP contribution in [0, 0.1) is 5.41 Å². The first kappa shape index (κ1) is 8.95. The summed E-state index contributed by atoms with van der Waals surface area (Å²) in [6.07, 6.45) is 3.94. The lowest BCUT2D eigenvalue weighted by Crippen LogP contribution is -2.06. The molecule has 0 aliphatic heterocycles. The molecule has 0 atom stereocenters. The van der Waals surface area contributed by atoms with Crippen LogP contribution in [0.5, 0.6) is 0 Å². The smallest absolute Gasteiger partial charge is 0.0297 e. The van der Waals surface area contributed by atoms with E-state index >= 15 is 0 Å². The monoisotopic (exact) mass is 138 g/mol. The van der Waals surface area contributed by atoms with Gasteiger partial charge < -0.3 is 10.7 Å². The normalized spacial score (nSPS) is 10.8. The summed E-state index contributed by atoms with van der Waals surface area (Å²) in [5.74, 6) is 0. The molecule has 0 heterocycles. The largest absolute Gasteiger partial charge is 0.388 e. The van der Waals surface area contributed by atoms with Gasteiger partial charge in [-0.05, 0) is 18.1 Å². The summed E-state index contributed by atoms with van der Waals surface area (Å²) >= 11 is 0. The van der Waals surface area contributed by atoms with E-state index in [0.717, 1.165) is 17.7 Å². The van der Waals surface area contributed by atoms with Crippen LogP contribution >= 0.6 is 0 Å². The fourth-order valence-corrected chi connectivity index (χ4v) is 0.693. The Morgan fingerprint density at radius 3 is 2.60 bits per heavy atom. The first-order valence-corrected chi connectivity index (χ1v) is 3.32. The van der Waals surface area contributed by atoms with E-state index in [1.54, 1.807) is 6.08 Å². The third-order valence-electron chi connectivity index (χ3n) is 1.35. The molecule has 0 aliphatic rings. The van der Waals surface area contributed by atoms with Crippen molar-refractivity contribution in [3.05, 3.63) is 23.9 Å². The van der Waals surface area contributed by atoms with Gasteiger partial charge in [0, 0.05) is 19.0 Å². The average Bonchev–Trinajstić information content (AvgIpc) is 1.99. The molecule has 0 fully saturated rings. The minimum absolute atomic E-state index is 0.894. The topological polar surface area (TPSA) is 35.9 Å². The van der Waals surface area contributed by atoms with Crippen molar-refractivity contribution in [1.82, 2.24) is 5.32 Å². The van der Waals surface area contributed by atoms with Crippen LogP contribution in [0.3, 0.4) is 0 Å². The van der Waals surface area contributed by atoms with Gasteiger partial charge in [0.25, 0.3) is 0 Å². The zero-order chi connectivity index (χ0) is 7.98. The van der Waals surface area contributed by atoms with E-state index in [0.29, 0.717) is 0 Å². The van der Waals surface area contributed by atoms with Gasteiger partial charge in [-0.15, -0.1) is 0 Å². The second-order valence-corrected chi connectivity index (χ2v) is 1.94. The van der Waals surface area contributed by atoms with Crippen LogP contribution in [-0.4, -0.2) is 13.3 Å². The first-order valence-electron chi connectivity index (χ1n) is 3.32. The Morgan fingerprint density at radius 1 is 1.70 bits per heavy atom. The Kier molecular flexibility index (Phi) is 4.29. The van der Waals surface area contributed by atoms with Crippen molar-refractivity contribution < 1.29 is 0 Å². The second kappa shape index (κ2) is 4.79. The maximum atomic E-state index is 6.83. The molecule has 2 N–H and O–H groups in total. The van der Waals surface area contributed by atoms with E-state index < -0.39 is 0 Å². The molecule has 2 heteroatoms. The minimum Gasteiger partial charge on any atom is -0.388 e. The molecule has 0 aromatic carbocycles. The summed E-state index contributed by atoms with van der Waals surface area (Å²) in [6, 6.07) is 0. The van der Waals surface area contributed by atoms with Gasteiger partial charge in [0.05, 0.1) is 0 Å². The Hall–Kier alpha value is -1.05. The molecule has 0 unspecified atom stereocenters. The standard InChI is InChI=1S/C8H14N2/c1-4-8(5-6-9)7(2)10-3/h5-6,9-10H,2,4H2,1,3H3/b8-5+,9-6?. The molecular formula is C8H14N2. The number of hydrogen-bond donors (Lipinski definition) is 2. The van der Waals surface area contributed by atoms with Crippen molar-refractivity contribution in [3.8, 4) is 0 Å². The van der Waals surface area contributed by atoms with E-state index in [9.17, 15) is 0 Å². The predicted molar refractivity (Wildman–Crippen MR) is 45.4 cm³/mol. The quantitative estimate of drug-likeness (QED) is 0.450. The number of allylic oxidation sites excluding steroid dienone is 2. The summed E-state index contributed by atoms with van der Waals surface area (Å²) in [7, 11) is 1.83. The van der Waals surface area contributed by atoms with Crippen molar-refractivity contribution in [2.75, 3.05) is 7.05 Å². The van der Waals surface area contributed by atoms with E-state index in [-0.39, 0.29) is 0 Å². The van der Waals surface area contributed by atoms with Gasteiger partial charge >= 0.3 is 0 Å². The van der Waals surface area contributed by atoms with Crippen LogP contribution in [0.15, 0.2) is 23.9 Å². The van der Waals surface area contributed by atoms with Crippen LogP contribution < -0.4 is 5.32 Å². The highest BCUT2D eigenvalue weighted by molar-refractivity contribution is 5.70. The Bertz CT molecular complexity index is 157. The van der Waals surface area contributed by atoms with Crippen LogP contribution in [0.25, 0.3) is 0 Å². The molecule has 0 spiro atoms. The summed E-state index contributed by atoms with van der Waals surface area (Å²) in [6.45, 7) is 5.82. The maximum absolute atomic E-state index is 6.83. The first-order chi connectivity index (χ1) is 4.76. The molecule has 56 valence electrons. The minimum atomic E-state index is 0.894. The molecule has 0 amide bonds. The zero-order valence-electron chi connectivity index (χ0n) is 6.57. The number of hydrogen-bond acceptors (Lipinski definition) is 2. The number of nitrogens with one attached hydrogen (secondary N) is 2. The van der Waals surface area contributed by atoms with Crippen LogP contribution in [0.1, 0.15) is 13.3 Å². The molecule has 10 heavy (non-hydrogen) atoms. The van der Waals surface area contributed by atoms with Crippen LogP contribution in [0.4, 0.5) is 0 Å². The lowest BCUT2D eigenvalue weighted by atomic mass is 10.1. The average molecular weight is 138 g/mol. The zero-order valence-corrected chi connectivity index (χ0v) is 6.57. The highest BCUT2D eigenvalue weighted by Crippen LogP contribution is 2.06. The maximum Gasteiger partial charge on any atom is 0.0297 e. The van der Waals surface area contributed by atoms with E-state index in [4.69, 9.17) is 5.41 Å². The fourth-order valence-electron chi connectivity index (χ4n) is 0.693. The third kappa shape index (κ3) is 2.49. The van der Waals surface area contributed by atoms with Gasteiger partial charge in [-0.1, -0.05) is 13.5 Å². The number of rotatable bonds is 4. The fraction of sp³-hybridized carbons (Fsp3) is 0.375. The van der Waals surface area contributed by atoms with E-state index in [2.05, 4.69) is 11.9 Å². The predicted octanol–water partition coefficient (Wildman–Crippen LogP) is 1.71. The van der Waals surface area contributed by atoms with Gasteiger partial charge in [0.2, 0.25) is 0 Å². The second-order valence-electron chi connectivity index (χ2n) is 1.94. The molecule has 0 aromatic rings. The van der Waals surface area contributed by atoms with E-state index in [1.165, 1.54) is 6.21 Å². The molecular weight excluding hydrogens is 124 g/mol.